The van der Waals surface area contributed by atoms with Crippen LogP contribution in [0.2, 0.25) is 10.0 Å². The molecule has 0 unspecified atom stereocenters. The van der Waals surface area contributed by atoms with E-state index in [1.807, 2.05) is 31.2 Å². The number of nitrogens with one attached hydrogen (secondary N) is 1. The van der Waals surface area contributed by atoms with Gasteiger partial charge in [0.1, 0.15) is 0 Å². The normalized spacial score (nSPS) is 11.5. The highest BCUT2D eigenvalue weighted by molar-refractivity contribution is 7.89. The smallest absolute Gasteiger partial charge is 0.243 e. The van der Waals surface area contributed by atoms with E-state index >= 15 is 0 Å². The molecule has 0 fully saturated rings. The number of hydrogen-bond donors (Lipinski definition) is 1. The third-order valence-corrected chi connectivity index (χ3v) is 7.07. The molecule has 5 nitrogen and oxygen atoms in total. The van der Waals surface area contributed by atoms with Gasteiger partial charge in [-0.1, -0.05) is 71.2 Å². The van der Waals surface area contributed by atoms with Crippen LogP contribution >= 0.6 is 23.2 Å². The number of benzene rings is 3. The number of aryl methyl sites for hydroxylation is 1. The van der Waals surface area contributed by atoms with Gasteiger partial charge in [-0.25, -0.2) is 8.42 Å². The zero-order chi connectivity index (χ0) is 22.4. The first-order valence-electron chi connectivity index (χ1n) is 9.57. The largest absolute Gasteiger partial charge is 0.351 e. The lowest BCUT2D eigenvalue weighted by atomic mass is 10.1. The van der Waals surface area contributed by atoms with Gasteiger partial charge in [0.25, 0.3) is 0 Å². The van der Waals surface area contributed by atoms with Crippen molar-refractivity contribution in [3.05, 3.63) is 99.5 Å². The molecular formula is C23H22Cl2N2O3S. The Labute approximate surface area is 192 Å². The van der Waals surface area contributed by atoms with Crippen LogP contribution in [0.1, 0.15) is 16.7 Å². The van der Waals surface area contributed by atoms with Crippen molar-refractivity contribution in [1.29, 1.82) is 0 Å². The highest BCUT2D eigenvalue weighted by Gasteiger charge is 2.27. The number of carbonyl (C=O) groups is 1. The van der Waals surface area contributed by atoms with E-state index in [0.29, 0.717) is 22.2 Å². The van der Waals surface area contributed by atoms with Crippen molar-refractivity contribution < 1.29 is 13.2 Å². The van der Waals surface area contributed by atoms with Gasteiger partial charge < -0.3 is 5.32 Å². The molecule has 0 spiro atoms. The third kappa shape index (κ3) is 6.31. The number of sulfonamides is 1. The molecule has 0 aliphatic heterocycles. The second-order valence-corrected chi connectivity index (χ2v) is 9.87. The molecule has 1 N–H and O–H groups in total. The fourth-order valence-electron chi connectivity index (χ4n) is 3.04. The monoisotopic (exact) mass is 476 g/mol. The van der Waals surface area contributed by atoms with Crippen LogP contribution in [0.15, 0.2) is 77.7 Å². The summed E-state index contributed by atoms with van der Waals surface area (Å²) in [6, 6.07) is 20.5. The first-order valence-corrected chi connectivity index (χ1v) is 11.8. The molecule has 0 saturated carbocycles. The molecule has 0 aliphatic rings. The standard InChI is InChI=1S/C23H22Cl2N2O3S/c1-17-5-4-6-18(13-17)14-26-23(28)16-27(15-19-7-2-3-8-22(19)25)31(29,30)21-11-9-20(24)10-12-21/h2-13H,14-16H2,1H3,(H,26,28). The average molecular weight is 477 g/mol. The van der Waals surface area contributed by atoms with E-state index in [2.05, 4.69) is 5.32 Å². The van der Waals surface area contributed by atoms with Crippen LogP contribution in [0.4, 0.5) is 0 Å². The lowest BCUT2D eigenvalue weighted by Gasteiger charge is -2.22. The van der Waals surface area contributed by atoms with Crippen molar-refractivity contribution in [2.75, 3.05) is 6.54 Å². The zero-order valence-electron chi connectivity index (χ0n) is 16.9. The van der Waals surface area contributed by atoms with Crippen molar-refractivity contribution in [3.8, 4) is 0 Å². The molecule has 162 valence electrons. The minimum Gasteiger partial charge on any atom is -0.351 e. The van der Waals surface area contributed by atoms with Crippen LogP contribution in [0.25, 0.3) is 0 Å². The van der Waals surface area contributed by atoms with Crippen LogP contribution in [-0.4, -0.2) is 25.2 Å². The van der Waals surface area contributed by atoms with Gasteiger partial charge in [0.05, 0.1) is 11.4 Å². The first-order chi connectivity index (χ1) is 14.8. The molecular weight excluding hydrogens is 455 g/mol. The number of amides is 1. The van der Waals surface area contributed by atoms with Crippen molar-refractivity contribution in [2.24, 2.45) is 0 Å². The summed E-state index contributed by atoms with van der Waals surface area (Å²) >= 11 is 12.1. The van der Waals surface area contributed by atoms with Crippen LogP contribution in [0.5, 0.6) is 0 Å². The summed E-state index contributed by atoms with van der Waals surface area (Å²) in [6.07, 6.45) is 0. The molecule has 8 heteroatoms. The topological polar surface area (TPSA) is 66.5 Å². The maximum absolute atomic E-state index is 13.3. The zero-order valence-corrected chi connectivity index (χ0v) is 19.2. The minimum atomic E-state index is -3.96. The molecule has 0 aliphatic carbocycles. The van der Waals surface area contributed by atoms with Gasteiger partial charge in [0.15, 0.2) is 0 Å². The molecule has 3 aromatic rings. The van der Waals surface area contributed by atoms with E-state index in [1.54, 1.807) is 24.3 Å². The van der Waals surface area contributed by atoms with Crippen molar-refractivity contribution >= 4 is 39.1 Å². The summed E-state index contributed by atoms with van der Waals surface area (Å²) in [5.41, 5.74) is 2.62. The van der Waals surface area contributed by atoms with E-state index in [0.717, 1.165) is 15.4 Å². The van der Waals surface area contributed by atoms with Gasteiger partial charge in [-0.05, 0) is 48.4 Å². The quantitative estimate of drug-likeness (QED) is 0.507. The second-order valence-electron chi connectivity index (χ2n) is 7.08. The Morgan fingerprint density at radius 1 is 0.968 bits per heavy atom. The molecule has 3 rings (SSSR count). The van der Waals surface area contributed by atoms with Crippen LogP contribution < -0.4 is 5.32 Å². The number of halogens is 2. The molecule has 31 heavy (non-hydrogen) atoms. The Bertz CT molecular complexity index is 1170. The van der Waals surface area contributed by atoms with Crippen molar-refractivity contribution in [2.45, 2.75) is 24.9 Å². The highest BCUT2D eigenvalue weighted by atomic mass is 35.5. The maximum atomic E-state index is 13.3. The number of carbonyl (C=O) groups excluding carboxylic acids is 1. The number of hydrogen-bond acceptors (Lipinski definition) is 3. The van der Waals surface area contributed by atoms with Crippen molar-refractivity contribution in [3.63, 3.8) is 0 Å². The Morgan fingerprint density at radius 3 is 2.35 bits per heavy atom. The van der Waals surface area contributed by atoms with E-state index in [-0.39, 0.29) is 18.0 Å². The van der Waals surface area contributed by atoms with E-state index in [1.165, 1.54) is 24.3 Å². The molecule has 0 radical (unpaired) electrons. The molecule has 1 amide bonds. The van der Waals surface area contributed by atoms with Crippen LogP contribution in [0, 0.1) is 6.92 Å². The Hall–Kier alpha value is -2.38. The lowest BCUT2D eigenvalue weighted by Crippen LogP contribution is -2.40. The van der Waals surface area contributed by atoms with Gasteiger partial charge in [0.2, 0.25) is 15.9 Å². The summed E-state index contributed by atoms with van der Waals surface area (Å²) in [5, 5.41) is 3.64. The Kier molecular flexibility index (Phi) is 7.73. The van der Waals surface area contributed by atoms with Gasteiger partial charge in [-0.3, -0.25) is 4.79 Å². The van der Waals surface area contributed by atoms with Gasteiger partial charge in [-0.2, -0.15) is 4.31 Å². The van der Waals surface area contributed by atoms with Crippen molar-refractivity contribution in [1.82, 2.24) is 9.62 Å². The average Bonchev–Trinajstić information content (AvgIpc) is 2.73. The summed E-state index contributed by atoms with van der Waals surface area (Å²) in [6.45, 7) is 1.89. The molecule has 0 saturated heterocycles. The summed E-state index contributed by atoms with van der Waals surface area (Å²) in [4.78, 5) is 12.7. The van der Waals surface area contributed by atoms with Gasteiger partial charge in [-0.15, -0.1) is 0 Å². The van der Waals surface area contributed by atoms with Gasteiger partial charge >= 0.3 is 0 Å². The first kappa shape index (κ1) is 23.3. The SMILES string of the molecule is Cc1cccc(CNC(=O)CN(Cc2ccccc2Cl)S(=O)(=O)c2ccc(Cl)cc2)c1. The fourth-order valence-corrected chi connectivity index (χ4v) is 4.73. The Balaban J connectivity index is 1.82. The lowest BCUT2D eigenvalue weighted by molar-refractivity contribution is -0.121. The maximum Gasteiger partial charge on any atom is 0.243 e. The molecule has 0 atom stereocenters. The van der Waals surface area contributed by atoms with Crippen LogP contribution in [-0.2, 0) is 27.9 Å². The predicted molar refractivity (Wildman–Crippen MR) is 124 cm³/mol. The summed E-state index contributed by atoms with van der Waals surface area (Å²) in [5.74, 6) is -0.411. The van der Waals surface area contributed by atoms with E-state index < -0.39 is 15.9 Å². The molecule has 0 bridgehead atoms. The third-order valence-electron chi connectivity index (χ3n) is 4.65. The summed E-state index contributed by atoms with van der Waals surface area (Å²) < 4.78 is 27.7. The van der Waals surface area contributed by atoms with Gasteiger partial charge in [0, 0.05) is 23.1 Å². The molecule has 0 heterocycles. The second kappa shape index (κ2) is 10.3. The minimum absolute atomic E-state index is 0.0392. The number of nitrogens with zero attached hydrogens (tertiary/aromatic N) is 1. The predicted octanol–water partition coefficient (Wildman–Crippen LogP) is 4.81. The summed E-state index contributed by atoms with van der Waals surface area (Å²) in [7, 11) is -3.96. The Morgan fingerprint density at radius 2 is 1.68 bits per heavy atom. The number of rotatable bonds is 8. The van der Waals surface area contributed by atoms with Crippen LogP contribution in [0.3, 0.4) is 0 Å². The molecule has 3 aromatic carbocycles. The highest BCUT2D eigenvalue weighted by Crippen LogP contribution is 2.23. The van der Waals surface area contributed by atoms with E-state index in [4.69, 9.17) is 23.2 Å². The van der Waals surface area contributed by atoms with E-state index in [9.17, 15) is 13.2 Å². The molecule has 0 aromatic heterocycles. The fraction of sp³-hybridized carbons (Fsp3) is 0.174.